The number of carbonyl (C=O) groups is 1. The molecule has 0 aromatic heterocycles. The molecule has 0 rings (SSSR count). The SMILES string of the molecule is CCO[C@H](CN)OC(C)=O. The fourth-order valence-corrected chi connectivity index (χ4v) is 0.521. The number of rotatable bonds is 4. The smallest absolute Gasteiger partial charge is 0.304 e. The van der Waals surface area contributed by atoms with Crippen LogP contribution >= 0.6 is 0 Å². The molecule has 0 aromatic carbocycles. The summed E-state index contributed by atoms with van der Waals surface area (Å²) in [6, 6.07) is 0. The van der Waals surface area contributed by atoms with Gasteiger partial charge in [0.1, 0.15) is 0 Å². The van der Waals surface area contributed by atoms with E-state index in [4.69, 9.17) is 10.5 Å². The van der Waals surface area contributed by atoms with Gasteiger partial charge in [-0.25, -0.2) is 0 Å². The van der Waals surface area contributed by atoms with Gasteiger partial charge in [-0.2, -0.15) is 0 Å². The second-order valence-electron chi connectivity index (χ2n) is 1.73. The first-order valence-electron chi connectivity index (χ1n) is 3.19. The van der Waals surface area contributed by atoms with Crippen molar-refractivity contribution in [2.75, 3.05) is 13.2 Å². The summed E-state index contributed by atoms with van der Waals surface area (Å²) in [5.74, 6) is -0.371. The Morgan fingerprint density at radius 2 is 2.30 bits per heavy atom. The van der Waals surface area contributed by atoms with Crippen LogP contribution in [-0.2, 0) is 14.3 Å². The second kappa shape index (κ2) is 5.20. The fourth-order valence-electron chi connectivity index (χ4n) is 0.521. The third-order valence-corrected chi connectivity index (χ3v) is 0.842. The van der Waals surface area contributed by atoms with Gasteiger partial charge in [0.15, 0.2) is 0 Å². The molecule has 0 bridgehead atoms. The van der Waals surface area contributed by atoms with E-state index in [9.17, 15) is 4.79 Å². The van der Waals surface area contributed by atoms with Crippen LogP contribution in [0.3, 0.4) is 0 Å². The summed E-state index contributed by atoms with van der Waals surface area (Å²) in [6.07, 6.45) is -0.581. The number of carbonyl (C=O) groups excluding carboxylic acids is 1. The zero-order valence-corrected chi connectivity index (χ0v) is 6.29. The Balaban J connectivity index is 3.49. The Hall–Kier alpha value is -0.610. The van der Waals surface area contributed by atoms with E-state index in [-0.39, 0.29) is 12.5 Å². The first-order chi connectivity index (χ1) is 4.70. The van der Waals surface area contributed by atoms with Crippen LogP contribution in [0.2, 0.25) is 0 Å². The molecule has 0 aliphatic carbocycles. The van der Waals surface area contributed by atoms with Gasteiger partial charge in [0.05, 0.1) is 6.54 Å². The van der Waals surface area contributed by atoms with Crippen LogP contribution in [-0.4, -0.2) is 25.4 Å². The molecule has 4 nitrogen and oxygen atoms in total. The lowest BCUT2D eigenvalue weighted by Gasteiger charge is -2.13. The Morgan fingerprint density at radius 1 is 1.70 bits per heavy atom. The molecular weight excluding hydrogens is 134 g/mol. The molecule has 2 N–H and O–H groups in total. The van der Waals surface area contributed by atoms with E-state index in [0.717, 1.165) is 0 Å². The minimum atomic E-state index is -0.581. The molecule has 0 unspecified atom stereocenters. The maximum atomic E-state index is 10.3. The van der Waals surface area contributed by atoms with E-state index in [1.807, 2.05) is 6.92 Å². The highest BCUT2D eigenvalue weighted by Gasteiger charge is 2.07. The first-order valence-corrected chi connectivity index (χ1v) is 3.19. The lowest BCUT2D eigenvalue weighted by Crippen LogP contribution is -2.28. The third-order valence-electron chi connectivity index (χ3n) is 0.842. The van der Waals surface area contributed by atoms with Crippen molar-refractivity contribution in [3.05, 3.63) is 0 Å². The van der Waals surface area contributed by atoms with Crippen molar-refractivity contribution in [2.45, 2.75) is 20.1 Å². The van der Waals surface area contributed by atoms with Gasteiger partial charge in [0, 0.05) is 13.5 Å². The average Bonchev–Trinajstić information content (AvgIpc) is 1.86. The van der Waals surface area contributed by atoms with Gasteiger partial charge in [-0.15, -0.1) is 0 Å². The summed E-state index contributed by atoms with van der Waals surface area (Å²) in [7, 11) is 0. The summed E-state index contributed by atoms with van der Waals surface area (Å²) < 4.78 is 9.59. The van der Waals surface area contributed by atoms with E-state index >= 15 is 0 Å². The van der Waals surface area contributed by atoms with Gasteiger partial charge in [0.25, 0.3) is 0 Å². The van der Waals surface area contributed by atoms with E-state index in [2.05, 4.69) is 4.74 Å². The van der Waals surface area contributed by atoms with E-state index in [1.165, 1.54) is 6.92 Å². The monoisotopic (exact) mass is 147 g/mol. The molecule has 0 saturated heterocycles. The van der Waals surface area contributed by atoms with Crippen LogP contribution in [0.15, 0.2) is 0 Å². The quantitative estimate of drug-likeness (QED) is 0.444. The molecular formula is C6H13NO3. The Morgan fingerprint density at radius 3 is 2.60 bits per heavy atom. The Bertz CT molecular complexity index is 105. The lowest BCUT2D eigenvalue weighted by molar-refractivity contribution is -0.172. The highest BCUT2D eigenvalue weighted by atomic mass is 16.7. The molecule has 4 heteroatoms. The van der Waals surface area contributed by atoms with Crippen molar-refractivity contribution in [3.63, 3.8) is 0 Å². The maximum absolute atomic E-state index is 10.3. The largest absolute Gasteiger partial charge is 0.435 e. The van der Waals surface area contributed by atoms with E-state index in [1.54, 1.807) is 0 Å². The molecule has 0 amide bonds. The highest BCUT2D eigenvalue weighted by molar-refractivity contribution is 5.66. The molecule has 0 heterocycles. The number of esters is 1. The summed E-state index contributed by atoms with van der Waals surface area (Å²) in [6.45, 7) is 3.83. The minimum Gasteiger partial charge on any atom is -0.435 e. The molecule has 0 spiro atoms. The van der Waals surface area contributed by atoms with E-state index in [0.29, 0.717) is 6.61 Å². The standard InChI is InChI=1S/C6H13NO3/c1-3-9-6(4-7)10-5(2)8/h6H,3-4,7H2,1-2H3/t6-/m0/s1. The molecule has 10 heavy (non-hydrogen) atoms. The summed E-state index contributed by atoms with van der Waals surface area (Å²) in [4.78, 5) is 10.3. The predicted octanol–water partition coefficient (Wildman–Crippen LogP) is -0.129. The van der Waals surface area contributed by atoms with Crippen molar-refractivity contribution >= 4 is 5.97 Å². The molecule has 0 aromatic rings. The van der Waals surface area contributed by atoms with E-state index < -0.39 is 6.29 Å². The molecule has 0 aliphatic heterocycles. The summed E-state index contributed by atoms with van der Waals surface area (Å²) >= 11 is 0. The van der Waals surface area contributed by atoms with Crippen LogP contribution in [0.4, 0.5) is 0 Å². The molecule has 0 radical (unpaired) electrons. The van der Waals surface area contributed by atoms with Crippen molar-refractivity contribution < 1.29 is 14.3 Å². The van der Waals surface area contributed by atoms with Crippen LogP contribution in [0.5, 0.6) is 0 Å². The second-order valence-corrected chi connectivity index (χ2v) is 1.73. The van der Waals surface area contributed by atoms with Crippen molar-refractivity contribution in [2.24, 2.45) is 5.73 Å². The fraction of sp³-hybridized carbons (Fsp3) is 0.833. The topological polar surface area (TPSA) is 61.6 Å². The summed E-state index contributed by atoms with van der Waals surface area (Å²) in [5.41, 5.74) is 5.20. The average molecular weight is 147 g/mol. The zero-order valence-electron chi connectivity index (χ0n) is 6.29. The number of ether oxygens (including phenoxy) is 2. The molecule has 60 valence electrons. The molecule has 0 saturated carbocycles. The van der Waals surface area contributed by atoms with Crippen LogP contribution in [0, 0.1) is 0 Å². The van der Waals surface area contributed by atoms with Gasteiger partial charge in [0.2, 0.25) is 6.29 Å². The van der Waals surface area contributed by atoms with Gasteiger partial charge in [-0.3, -0.25) is 4.79 Å². The Labute approximate surface area is 60.3 Å². The Kier molecular flexibility index (Phi) is 4.88. The number of nitrogens with two attached hydrogens (primary N) is 1. The predicted molar refractivity (Wildman–Crippen MR) is 36.2 cm³/mol. The lowest BCUT2D eigenvalue weighted by atomic mass is 10.6. The van der Waals surface area contributed by atoms with Crippen molar-refractivity contribution in [1.29, 1.82) is 0 Å². The van der Waals surface area contributed by atoms with Gasteiger partial charge in [-0.1, -0.05) is 0 Å². The van der Waals surface area contributed by atoms with Gasteiger partial charge < -0.3 is 15.2 Å². The van der Waals surface area contributed by atoms with Crippen LogP contribution in [0.25, 0.3) is 0 Å². The first kappa shape index (κ1) is 9.39. The van der Waals surface area contributed by atoms with Crippen LogP contribution in [0.1, 0.15) is 13.8 Å². The van der Waals surface area contributed by atoms with Crippen molar-refractivity contribution in [3.8, 4) is 0 Å². The van der Waals surface area contributed by atoms with Crippen molar-refractivity contribution in [1.82, 2.24) is 0 Å². The molecule has 1 atom stereocenters. The number of hydrogen-bond acceptors (Lipinski definition) is 4. The van der Waals surface area contributed by atoms with Crippen LogP contribution < -0.4 is 5.73 Å². The zero-order chi connectivity index (χ0) is 7.98. The highest BCUT2D eigenvalue weighted by Crippen LogP contribution is 1.91. The number of hydrogen-bond donors (Lipinski definition) is 1. The van der Waals surface area contributed by atoms with Gasteiger partial charge >= 0.3 is 5.97 Å². The minimum absolute atomic E-state index is 0.202. The molecule has 0 aliphatic rings. The molecule has 0 fully saturated rings. The normalized spacial score (nSPS) is 12.7. The maximum Gasteiger partial charge on any atom is 0.304 e. The third kappa shape index (κ3) is 4.29. The van der Waals surface area contributed by atoms with Gasteiger partial charge in [-0.05, 0) is 6.92 Å². The summed E-state index contributed by atoms with van der Waals surface area (Å²) in [5, 5.41) is 0.